The molecule has 0 aliphatic rings. The fourth-order valence-electron chi connectivity index (χ4n) is 1.66. The molecule has 0 fully saturated rings. The van der Waals surface area contributed by atoms with Gasteiger partial charge in [0.2, 0.25) is 0 Å². The Morgan fingerprint density at radius 2 is 1.95 bits per heavy atom. The van der Waals surface area contributed by atoms with Gasteiger partial charge >= 0.3 is 0 Å². The second-order valence-electron chi connectivity index (χ2n) is 4.88. The second-order valence-corrected chi connectivity index (χ2v) is 6.85. The molecule has 8 nitrogen and oxygen atoms in total. The molecule has 0 bridgehead atoms. The molecule has 0 amide bonds. The molecule has 2 rings (SSSR count). The Hall–Kier alpha value is -1.84. The molecule has 0 aliphatic carbocycles. The maximum Gasteiger partial charge on any atom is 0.279 e. The Morgan fingerprint density at radius 1 is 1.24 bits per heavy atom. The fourth-order valence-corrected chi connectivity index (χ4v) is 2.23. The number of aryl methyl sites for hydroxylation is 2. The molecule has 0 atom stereocenters. The Balaban J connectivity index is 2.25. The van der Waals surface area contributed by atoms with Gasteiger partial charge in [-0.05, 0) is 47.5 Å². The van der Waals surface area contributed by atoms with Gasteiger partial charge in [0.1, 0.15) is 0 Å². The molecular weight excluding hydrogens is 292 g/mol. The molecule has 0 saturated carbocycles. The van der Waals surface area contributed by atoms with Crippen LogP contribution in [0.2, 0.25) is 0 Å². The number of hydrogen-bond acceptors (Lipinski definition) is 5. The number of benzene rings is 1. The summed E-state index contributed by atoms with van der Waals surface area (Å²) in [7, 11) is -0.608. The maximum absolute atomic E-state index is 11.7. The van der Waals surface area contributed by atoms with Crippen molar-refractivity contribution in [1.29, 1.82) is 0 Å². The van der Waals surface area contributed by atoms with Gasteiger partial charge in [0, 0.05) is 14.1 Å². The lowest BCUT2D eigenvalue weighted by Crippen LogP contribution is -2.35. The van der Waals surface area contributed by atoms with E-state index in [0.717, 1.165) is 15.6 Å². The summed E-state index contributed by atoms with van der Waals surface area (Å²) < 4.78 is 28.5. The van der Waals surface area contributed by atoms with Crippen LogP contribution in [0.3, 0.4) is 0 Å². The second kappa shape index (κ2) is 5.88. The van der Waals surface area contributed by atoms with Crippen LogP contribution in [-0.2, 0) is 16.8 Å². The molecule has 1 aromatic carbocycles. The minimum Gasteiger partial charge on any atom is -0.196 e. The van der Waals surface area contributed by atoms with E-state index in [1.807, 2.05) is 32.0 Å². The van der Waals surface area contributed by atoms with Crippen molar-refractivity contribution in [1.82, 2.24) is 29.2 Å². The monoisotopic (exact) mass is 310 g/mol. The minimum atomic E-state index is -3.51. The zero-order chi connectivity index (χ0) is 15.6. The summed E-state index contributed by atoms with van der Waals surface area (Å²) in [6.07, 6.45) is 0. The molecule has 9 heteroatoms. The largest absolute Gasteiger partial charge is 0.279 e. The lowest BCUT2D eigenvalue weighted by Gasteiger charge is -2.12. The van der Waals surface area contributed by atoms with Gasteiger partial charge in [-0.2, -0.15) is 22.1 Å². The van der Waals surface area contributed by atoms with Crippen molar-refractivity contribution in [3.8, 4) is 5.69 Å². The SMILES string of the molecule is Cc1ccc(-n2nnnc2CNS(=O)(=O)N(C)C)cc1C. The van der Waals surface area contributed by atoms with Crippen molar-refractivity contribution in [3.05, 3.63) is 35.2 Å². The number of nitrogens with zero attached hydrogens (tertiary/aromatic N) is 5. The van der Waals surface area contributed by atoms with E-state index >= 15 is 0 Å². The summed E-state index contributed by atoms with van der Waals surface area (Å²) in [5.41, 5.74) is 3.08. The first-order chi connectivity index (χ1) is 9.81. The van der Waals surface area contributed by atoms with Crippen molar-refractivity contribution >= 4 is 10.2 Å². The number of aromatic nitrogens is 4. The third-order valence-electron chi connectivity index (χ3n) is 3.16. The standard InChI is InChI=1S/C12H18N6O2S/c1-9-5-6-11(7-10(9)2)18-12(14-15-16-18)8-13-21(19,20)17(3)4/h5-7,13H,8H2,1-4H3. The van der Waals surface area contributed by atoms with Gasteiger partial charge in [0.25, 0.3) is 10.2 Å². The van der Waals surface area contributed by atoms with Gasteiger partial charge in [-0.25, -0.2) is 0 Å². The van der Waals surface area contributed by atoms with Crippen LogP contribution in [0, 0.1) is 13.8 Å². The predicted molar refractivity (Wildman–Crippen MR) is 78.1 cm³/mol. The van der Waals surface area contributed by atoms with Crippen LogP contribution in [0.5, 0.6) is 0 Å². The maximum atomic E-state index is 11.7. The summed E-state index contributed by atoms with van der Waals surface area (Å²) in [6.45, 7) is 4.03. The highest BCUT2D eigenvalue weighted by atomic mass is 32.2. The van der Waals surface area contributed by atoms with Crippen molar-refractivity contribution < 1.29 is 8.42 Å². The van der Waals surface area contributed by atoms with E-state index in [-0.39, 0.29) is 6.54 Å². The highest BCUT2D eigenvalue weighted by molar-refractivity contribution is 7.87. The first-order valence-corrected chi connectivity index (χ1v) is 7.77. The molecule has 1 aromatic heterocycles. The Bertz CT molecular complexity index is 738. The van der Waals surface area contributed by atoms with Crippen LogP contribution in [-0.4, -0.2) is 47.0 Å². The lowest BCUT2D eigenvalue weighted by molar-refractivity contribution is 0.503. The third-order valence-corrected chi connectivity index (χ3v) is 4.63. The molecule has 2 aromatic rings. The van der Waals surface area contributed by atoms with E-state index in [2.05, 4.69) is 20.2 Å². The highest BCUT2D eigenvalue weighted by Crippen LogP contribution is 2.14. The average molecular weight is 310 g/mol. The summed E-state index contributed by atoms with van der Waals surface area (Å²) in [5.74, 6) is 0.420. The van der Waals surface area contributed by atoms with Gasteiger partial charge in [0.15, 0.2) is 5.82 Å². The number of tetrazole rings is 1. The summed E-state index contributed by atoms with van der Waals surface area (Å²) in [5, 5.41) is 11.4. The molecule has 0 unspecified atom stereocenters. The molecule has 21 heavy (non-hydrogen) atoms. The van der Waals surface area contributed by atoms with E-state index in [1.54, 1.807) is 0 Å². The third kappa shape index (κ3) is 3.43. The predicted octanol–water partition coefficient (Wildman–Crippen LogP) is 0.175. The number of nitrogens with one attached hydrogen (secondary N) is 1. The topological polar surface area (TPSA) is 93.0 Å². The number of rotatable bonds is 5. The van der Waals surface area contributed by atoms with Crippen LogP contribution in [0.4, 0.5) is 0 Å². The van der Waals surface area contributed by atoms with Crippen molar-refractivity contribution in [2.75, 3.05) is 14.1 Å². The van der Waals surface area contributed by atoms with Gasteiger partial charge in [-0.3, -0.25) is 0 Å². The van der Waals surface area contributed by atoms with Gasteiger partial charge in [0.05, 0.1) is 12.2 Å². The normalized spacial score (nSPS) is 12.0. The summed E-state index contributed by atoms with van der Waals surface area (Å²) in [4.78, 5) is 0. The Kier molecular flexibility index (Phi) is 4.35. The van der Waals surface area contributed by atoms with Crippen LogP contribution in [0.15, 0.2) is 18.2 Å². The van der Waals surface area contributed by atoms with Gasteiger partial charge in [-0.15, -0.1) is 5.10 Å². The van der Waals surface area contributed by atoms with Crippen LogP contribution in [0.1, 0.15) is 17.0 Å². The van der Waals surface area contributed by atoms with Crippen molar-refractivity contribution in [2.24, 2.45) is 0 Å². The molecule has 0 radical (unpaired) electrons. The molecule has 1 heterocycles. The van der Waals surface area contributed by atoms with Crippen LogP contribution in [0.25, 0.3) is 5.69 Å². The van der Waals surface area contributed by atoms with Crippen LogP contribution >= 0.6 is 0 Å². The molecule has 0 saturated heterocycles. The zero-order valence-electron chi connectivity index (χ0n) is 12.4. The highest BCUT2D eigenvalue weighted by Gasteiger charge is 2.16. The van der Waals surface area contributed by atoms with E-state index in [9.17, 15) is 8.42 Å². The minimum absolute atomic E-state index is 0.0143. The first-order valence-electron chi connectivity index (χ1n) is 6.33. The first kappa shape index (κ1) is 15.5. The molecule has 114 valence electrons. The molecule has 0 spiro atoms. The Labute approximate surface area is 124 Å². The van der Waals surface area contributed by atoms with Gasteiger partial charge in [-0.1, -0.05) is 6.07 Å². The van der Waals surface area contributed by atoms with E-state index in [4.69, 9.17) is 0 Å². The average Bonchev–Trinajstić information content (AvgIpc) is 2.88. The van der Waals surface area contributed by atoms with E-state index < -0.39 is 10.2 Å². The van der Waals surface area contributed by atoms with Crippen LogP contribution < -0.4 is 4.72 Å². The van der Waals surface area contributed by atoms with E-state index in [1.165, 1.54) is 24.3 Å². The fraction of sp³-hybridized carbons (Fsp3) is 0.417. The Morgan fingerprint density at radius 3 is 2.57 bits per heavy atom. The van der Waals surface area contributed by atoms with Crippen molar-refractivity contribution in [2.45, 2.75) is 20.4 Å². The quantitative estimate of drug-likeness (QED) is 0.850. The van der Waals surface area contributed by atoms with Crippen molar-refractivity contribution in [3.63, 3.8) is 0 Å². The smallest absolute Gasteiger partial charge is 0.196 e. The van der Waals surface area contributed by atoms with E-state index in [0.29, 0.717) is 5.82 Å². The zero-order valence-corrected chi connectivity index (χ0v) is 13.2. The van der Waals surface area contributed by atoms with Gasteiger partial charge < -0.3 is 0 Å². The molecular formula is C12H18N6O2S. The summed E-state index contributed by atoms with van der Waals surface area (Å²) >= 11 is 0. The molecule has 1 N–H and O–H groups in total. The molecule has 0 aliphatic heterocycles. The summed E-state index contributed by atoms with van der Waals surface area (Å²) in [6, 6.07) is 5.82. The lowest BCUT2D eigenvalue weighted by atomic mass is 10.1. The number of hydrogen-bond donors (Lipinski definition) is 1.